The zero-order valence-electron chi connectivity index (χ0n) is 9.84. The number of rotatable bonds is 5. The minimum absolute atomic E-state index is 0.277. The van der Waals surface area contributed by atoms with E-state index in [0.717, 1.165) is 13.0 Å². The van der Waals surface area contributed by atoms with Gasteiger partial charge in [0.05, 0.1) is 6.54 Å². The normalized spacial score (nSPS) is 10.5. The van der Waals surface area contributed by atoms with Crippen LogP contribution in [0.2, 0.25) is 0 Å². The van der Waals surface area contributed by atoms with Crippen molar-refractivity contribution in [2.75, 3.05) is 18.5 Å². The molecular formula is C12H16N4O. The molecule has 1 aromatic carbocycles. The summed E-state index contributed by atoms with van der Waals surface area (Å²) in [6, 6.07) is 10.8. The van der Waals surface area contributed by atoms with Crippen molar-refractivity contribution < 1.29 is 4.42 Å². The first-order valence-corrected chi connectivity index (χ1v) is 5.57. The molecule has 0 amide bonds. The van der Waals surface area contributed by atoms with Crippen LogP contribution < -0.4 is 10.6 Å². The van der Waals surface area contributed by atoms with E-state index in [1.165, 1.54) is 5.56 Å². The fourth-order valence-corrected chi connectivity index (χ4v) is 1.52. The second-order valence-corrected chi connectivity index (χ2v) is 3.84. The van der Waals surface area contributed by atoms with Gasteiger partial charge in [-0.15, -0.1) is 5.10 Å². The number of aromatic nitrogens is 2. The van der Waals surface area contributed by atoms with Gasteiger partial charge in [0, 0.05) is 13.6 Å². The van der Waals surface area contributed by atoms with Crippen molar-refractivity contribution in [1.82, 2.24) is 10.2 Å². The van der Waals surface area contributed by atoms with E-state index in [4.69, 9.17) is 10.2 Å². The summed E-state index contributed by atoms with van der Waals surface area (Å²) < 4.78 is 5.36. The number of hydrogen-bond donors (Lipinski definition) is 1. The van der Waals surface area contributed by atoms with Gasteiger partial charge in [-0.05, 0) is 12.0 Å². The van der Waals surface area contributed by atoms with E-state index < -0.39 is 0 Å². The summed E-state index contributed by atoms with van der Waals surface area (Å²) in [5, 5.41) is 7.76. The Morgan fingerprint density at radius 2 is 2.00 bits per heavy atom. The molecule has 0 atom stereocenters. The number of anilines is 1. The Morgan fingerprint density at radius 3 is 2.65 bits per heavy atom. The summed E-state index contributed by atoms with van der Waals surface area (Å²) in [6.45, 7) is 1.11. The summed E-state index contributed by atoms with van der Waals surface area (Å²) in [4.78, 5) is 1.93. The highest BCUT2D eigenvalue weighted by Gasteiger charge is 2.09. The third-order valence-corrected chi connectivity index (χ3v) is 2.54. The molecule has 0 aliphatic rings. The molecule has 5 heteroatoms. The summed E-state index contributed by atoms with van der Waals surface area (Å²) in [5.74, 6) is 0.464. The van der Waals surface area contributed by atoms with E-state index in [1.807, 2.05) is 30.1 Å². The van der Waals surface area contributed by atoms with Crippen LogP contribution in [0.25, 0.3) is 0 Å². The monoisotopic (exact) mass is 232 g/mol. The lowest BCUT2D eigenvalue weighted by Crippen LogP contribution is -2.20. The molecule has 0 saturated carbocycles. The maximum Gasteiger partial charge on any atom is 0.317 e. The first-order chi connectivity index (χ1) is 8.29. The van der Waals surface area contributed by atoms with E-state index in [9.17, 15) is 0 Å². The Morgan fingerprint density at radius 1 is 1.24 bits per heavy atom. The van der Waals surface area contributed by atoms with E-state index in [0.29, 0.717) is 11.9 Å². The third kappa shape index (κ3) is 3.04. The average Bonchev–Trinajstić information content (AvgIpc) is 2.86. The molecule has 0 unspecified atom stereocenters. The lowest BCUT2D eigenvalue weighted by Gasteiger charge is -2.13. The maximum atomic E-state index is 5.41. The minimum Gasteiger partial charge on any atom is -0.407 e. The molecule has 17 heavy (non-hydrogen) atoms. The van der Waals surface area contributed by atoms with Gasteiger partial charge in [-0.3, -0.25) is 0 Å². The molecule has 0 aliphatic heterocycles. The molecule has 0 fully saturated rings. The van der Waals surface area contributed by atoms with Crippen LogP contribution in [0.4, 0.5) is 6.01 Å². The van der Waals surface area contributed by atoms with Gasteiger partial charge in [0.2, 0.25) is 5.89 Å². The number of likely N-dealkylation sites (N-methyl/N-ethyl adjacent to an activating group) is 1. The second-order valence-electron chi connectivity index (χ2n) is 3.84. The van der Waals surface area contributed by atoms with Crippen LogP contribution in [0, 0.1) is 0 Å². The van der Waals surface area contributed by atoms with Crippen molar-refractivity contribution in [2.45, 2.75) is 13.0 Å². The lowest BCUT2D eigenvalue weighted by molar-refractivity contribution is 0.491. The molecule has 1 aromatic heterocycles. The highest BCUT2D eigenvalue weighted by molar-refractivity contribution is 5.24. The van der Waals surface area contributed by atoms with Crippen LogP contribution in [0.5, 0.6) is 0 Å². The molecule has 0 aliphatic carbocycles. The Kier molecular flexibility index (Phi) is 3.72. The Hall–Kier alpha value is -1.88. The fraction of sp³-hybridized carbons (Fsp3) is 0.333. The molecule has 0 radical (unpaired) electrons. The van der Waals surface area contributed by atoms with Crippen LogP contribution in [-0.4, -0.2) is 23.8 Å². The van der Waals surface area contributed by atoms with Crippen molar-refractivity contribution in [2.24, 2.45) is 5.73 Å². The fourth-order valence-electron chi connectivity index (χ4n) is 1.52. The standard InChI is InChI=1S/C12H16N4O/c1-16(12-15-14-11(9-13)17-12)8-7-10-5-3-2-4-6-10/h2-6H,7-9,13H2,1H3. The molecule has 2 N–H and O–H groups in total. The Balaban J connectivity index is 1.91. The highest BCUT2D eigenvalue weighted by Crippen LogP contribution is 2.10. The van der Waals surface area contributed by atoms with Crippen LogP contribution in [-0.2, 0) is 13.0 Å². The molecule has 0 bridgehead atoms. The molecule has 1 heterocycles. The smallest absolute Gasteiger partial charge is 0.317 e. The first-order valence-electron chi connectivity index (χ1n) is 5.57. The van der Waals surface area contributed by atoms with Gasteiger partial charge in [0.25, 0.3) is 0 Å². The second kappa shape index (κ2) is 5.45. The number of benzene rings is 1. The summed E-state index contributed by atoms with van der Waals surface area (Å²) in [5.41, 5.74) is 6.70. The van der Waals surface area contributed by atoms with Crippen LogP contribution in [0.1, 0.15) is 11.5 Å². The molecular weight excluding hydrogens is 216 g/mol. The largest absolute Gasteiger partial charge is 0.407 e. The summed E-state index contributed by atoms with van der Waals surface area (Å²) in [6.07, 6.45) is 0.942. The van der Waals surface area contributed by atoms with Crippen LogP contribution >= 0.6 is 0 Å². The van der Waals surface area contributed by atoms with Gasteiger partial charge < -0.3 is 15.1 Å². The van der Waals surface area contributed by atoms with Gasteiger partial charge in [0.1, 0.15) is 0 Å². The topological polar surface area (TPSA) is 68.2 Å². The summed E-state index contributed by atoms with van der Waals surface area (Å²) >= 11 is 0. The SMILES string of the molecule is CN(CCc1ccccc1)c1nnc(CN)o1. The molecule has 2 rings (SSSR count). The molecule has 0 saturated heterocycles. The van der Waals surface area contributed by atoms with E-state index in [1.54, 1.807) is 0 Å². The summed E-state index contributed by atoms with van der Waals surface area (Å²) in [7, 11) is 1.93. The van der Waals surface area contributed by atoms with Crippen molar-refractivity contribution in [1.29, 1.82) is 0 Å². The number of hydrogen-bond acceptors (Lipinski definition) is 5. The van der Waals surface area contributed by atoms with Gasteiger partial charge in [-0.25, -0.2) is 0 Å². The van der Waals surface area contributed by atoms with Gasteiger partial charge >= 0.3 is 6.01 Å². The Bertz CT molecular complexity index is 455. The predicted molar refractivity (Wildman–Crippen MR) is 65.6 cm³/mol. The number of nitrogens with zero attached hydrogens (tertiary/aromatic N) is 3. The van der Waals surface area contributed by atoms with Crippen LogP contribution in [0.15, 0.2) is 34.7 Å². The minimum atomic E-state index is 0.277. The van der Waals surface area contributed by atoms with Crippen molar-refractivity contribution in [3.63, 3.8) is 0 Å². The Labute approximate surface area is 100 Å². The van der Waals surface area contributed by atoms with Gasteiger partial charge in [-0.1, -0.05) is 35.4 Å². The highest BCUT2D eigenvalue weighted by atomic mass is 16.4. The van der Waals surface area contributed by atoms with Crippen LogP contribution in [0.3, 0.4) is 0 Å². The van der Waals surface area contributed by atoms with E-state index in [-0.39, 0.29) is 6.54 Å². The quantitative estimate of drug-likeness (QED) is 0.839. The molecule has 0 spiro atoms. The maximum absolute atomic E-state index is 5.41. The molecule has 5 nitrogen and oxygen atoms in total. The first kappa shape index (κ1) is 11.6. The van der Waals surface area contributed by atoms with Crippen molar-refractivity contribution in [3.05, 3.63) is 41.8 Å². The van der Waals surface area contributed by atoms with Gasteiger partial charge in [-0.2, -0.15) is 0 Å². The lowest BCUT2D eigenvalue weighted by atomic mass is 10.1. The zero-order valence-corrected chi connectivity index (χ0v) is 9.84. The van der Waals surface area contributed by atoms with Crippen molar-refractivity contribution >= 4 is 6.01 Å². The zero-order chi connectivity index (χ0) is 12.1. The third-order valence-electron chi connectivity index (χ3n) is 2.54. The number of nitrogens with two attached hydrogens (primary N) is 1. The van der Waals surface area contributed by atoms with E-state index >= 15 is 0 Å². The average molecular weight is 232 g/mol. The predicted octanol–water partition coefficient (Wildman–Crippen LogP) is 1.21. The molecule has 90 valence electrons. The van der Waals surface area contributed by atoms with Crippen molar-refractivity contribution in [3.8, 4) is 0 Å². The van der Waals surface area contributed by atoms with E-state index in [2.05, 4.69) is 22.3 Å². The van der Waals surface area contributed by atoms with Gasteiger partial charge in [0.15, 0.2) is 0 Å². The molecule has 2 aromatic rings.